The van der Waals surface area contributed by atoms with Crippen LogP contribution in [0.15, 0.2) is 53.0 Å². The molecule has 0 amide bonds. The standard InChI is InChI=1S/C20H23NS/c1-15-10-18(14-22(15)13-16-6-2-3-7-16)20-12-21-11-17-8-4-5-9-19(17)20/h4-5,8-12,14,16,22H,2-3,6-7,13H2,1H3. The summed E-state index contributed by atoms with van der Waals surface area (Å²) in [5, 5.41) is 5.11. The molecule has 1 aromatic carbocycles. The fourth-order valence-corrected chi connectivity index (χ4v) is 6.15. The topological polar surface area (TPSA) is 12.9 Å². The van der Waals surface area contributed by atoms with Crippen molar-refractivity contribution >= 4 is 27.2 Å². The van der Waals surface area contributed by atoms with Gasteiger partial charge in [-0.1, -0.05) is 37.1 Å². The molecule has 4 rings (SSSR count). The second-order valence-corrected chi connectivity index (χ2v) is 8.85. The Balaban J connectivity index is 1.67. The van der Waals surface area contributed by atoms with Crippen LogP contribution in [0.4, 0.5) is 0 Å². The molecule has 1 aliphatic carbocycles. The number of nitrogens with zero attached hydrogens (tertiary/aromatic N) is 1. The molecule has 2 heteroatoms. The number of benzene rings is 1. The van der Waals surface area contributed by atoms with Crippen molar-refractivity contribution in [3.63, 3.8) is 0 Å². The molecular weight excluding hydrogens is 286 g/mol. The number of hydrogen-bond donors (Lipinski definition) is 1. The summed E-state index contributed by atoms with van der Waals surface area (Å²) in [5.41, 5.74) is 2.69. The summed E-state index contributed by atoms with van der Waals surface area (Å²) in [5.74, 6) is 2.37. The minimum absolute atomic E-state index is 0.0644. The van der Waals surface area contributed by atoms with E-state index in [0.717, 1.165) is 5.92 Å². The Morgan fingerprint density at radius 1 is 1.14 bits per heavy atom. The van der Waals surface area contributed by atoms with E-state index in [1.165, 1.54) is 53.3 Å². The lowest BCUT2D eigenvalue weighted by Gasteiger charge is -2.19. The average Bonchev–Trinajstić information content (AvgIpc) is 3.18. The molecule has 0 saturated heterocycles. The predicted molar refractivity (Wildman–Crippen MR) is 99.3 cm³/mol. The molecule has 0 spiro atoms. The minimum Gasteiger partial charge on any atom is -0.263 e. The molecule has 1 unspecified atom stereocenters. The van der Waals surface area contributed by atoms with Crippen molar-refractivity contribution in [1.82, 2.24) is 4.98 Å². The highest BCUT2D eigenvalue weighted by Gasteiger charge is 2.21. The number of allylic oxidation sites excluding steroid dienone is 3. The van der Waals surface area contributed by atoms with Crippen LogP contribution < -0.4 is 0 Å². The van der Waals surface area contributed by atoms with Crippen molar-refractivity contribution in [2.75, 3.05) is 5.75 Å². The molecule has 2 heterocycles. The Bertz CT molecular complexity index is 748. The summed E-state index contributed by atoms with van der Waals surface area (Å²) in [6.45, 7) is 2.32. The van der Waals surface area contributed by atoms with Gasteiger partial charge in [0.1, 0.15) is 0 Å². The van der Waals surface area contributed by atoms with E-state index in [2.05, 4.69) is 47.7 Å². The monoisotopic (exact) mass is 309 g/mol. The molecule has 1 atom stereocenters. The first kappa shape index (κ1) is 14.1. The predicted octanol–water partition coefficient (Wildman–Crippen LogP) is 5.68. The normalized spacial score (nSPS) is 23.8. The zero-order valence-electron chi connectivity index (χ0n) is 13.1. The quantitative estimate of drug-likeness (QED) is 0.719. The van der Waals surface area contributed by atoms with E-state index >= 15 is 0 Å². The van der Waals surface area contributed by atoms with Crippen LogP contribution >= 0.6 is 10.9 Å². The summed E-state index contributed by atoms with van der Waals surface area (Å²) in [6, 6.07) is 8.58. The summed E-state index contributed by atoms with van der Waals surface area (Å²) in [7, 11) is -0.0644. The molecular formula is C20H23NS. The minimum atomic E-state index is -0.0644. The molecule has 0 bridgehead atoms. The van der Waals surface area contributed by atoms with Gasteiger partial charge in [-0.05, 0) is 58.8 Å². The molecule has 22 heavy (non-hydrogen) atoms. The third-order valence-electron chi connectivity index (χ3n) is 5.02. The van der Waals surface area contributed by atoms with Gasteiger partial charge in [0.05, 0.1) is 0 Å². The third kappa shape index (κ3) is 2.61. The second-order valence-electron chi connectivity index (χ2n) is 6.58. The van der Waals surface area contributed by atoms with E-state index in [9.17, 15) is 0 Å². The Morgan fingerprint density at radius 3 is 2.82 bits per heavy atom. The van der Waals surface area contributed by atoms with Crippen LogP contribution in [-0.2, 0) is 0 Å². The number of fused-ring (bicyclic) bond motifs is 1. The summed E-state index contributed by atoms with van der Waals surface area (Å²) in [4.78, 5) is 6.04. The summed E-state index contributed by atoms with van der Waals surface area (Å²) >= 11 is 0. The van der Waals surface area contributed by atoms with Gasteiger partial charge in [-0.15, -0.1) is 0 Å². The maximum atomic E-state index is 4.45. The van der Waals surface area contributed by atoms with Crippen LogP contribution in [-0.4, -0.2) is 10.7 Å². The lowest BCUT2D eigenvalue weighted by Crippen LogP contribution is -1.99. The number of pyridine rings is 1. The molecule has 1 saturated carbocycles. The largest absolute Gasteiger partial charge is 0.263 e. The van der Waals surface area contributed by atoms with E-state index in [0.29, 0.717) is 0 Å². The molecule has 1 aliphatic heterocycles. The number of hydrogen-bond acceptors (Lipinski definition) is 1. The van der Waals surface area contributed by atoms with Gasteiger partial charge in [0.25, 0.3) is 0 Å². The number of thiol groups is 1. The number of aromatic nitrogens is 1. The van der Waals surface area contributed by atoms with E-state index in [1.807, 2.05) is 12.4 Å². The van der Waals surface area contributed by atoms with Crippen molar-refractivity contribution in [1.29, 1.82) is 0 Å². The summed E-state index contributed by atoms with van der Waals surface area (Å²) in [6.07, 6.45) is 12.2. The fourth-order valence-electron chi connectivity index (χ4n) is 3.78. The molecule has 2 aliphatic rings. The molecule has 0 radical (unpaired) electrons. The van der Waals surface area contributed by atoms with Gasteiger partial charge in [0, 0.05) is 23.3 Å². The number of rotatable bonds is 3. The van der Waals surface area contributed by atoms with Gasteiger partial charge in [0.15, 0.2) is 0 Å². The molecule has 1 fully saturated rings. The Labute approximate surface area is 135 Å². The Morgan fingerprint density at radius 2 is 1.95 bits per heavy atom. The maximum Gasteiger partial charge on any atom is 0.0353 e. The lowest BCUT2D eigenvalue weighted by molar-refractivity contribution is 0.623. The van der Waals surface area contributed by atoms with Crippen LogP contribution in [0.5, 0.6) is 0 Å². The zero-order chi connectivity index (χ0) is 14.9. The van der Waals surface area contributed by atoms with Gasteiger partial charge < -0.3 is 0 Å². The highest BCUT2D eigenvalue weighted by atomic mass is 32.2. The average molecular weight is 309 g/mol. The van der Waals surface area contributed by atoms with Crippen molar-refractivity contribution < 1.29 is 0 Å². The van der Waals surface area contributed by atoms with Crippen LogP contribution in [0.2, 0.25) is 0 Å². The van der Waals surface area contributed by atoms with Crippen molar-refractivity contribution in [2.24, 2.45) is 5.92 Å². The second kappa shape index (κ2) is 5.92. The summed E-state index contributed by atoms with van der Waals surface area (Å²) < 4.78 is 0. The Kier molecular flexibility index (Phi) is 3.79. The van der Waals surface area contributed by atoms with Crippen molar-refractivity contribution in [3.05, 3.63) is 58.6 Å². The van der Waals surface area contributed by atoms with Crippen LogP contribution in [0.1, 0.15) is 38.2 Å². The fraction of sp³-hybridized carbons (Fsp3) is 0.350. The SMILES string of the molecule is CC1=CC(c2cncc3ccccc23)=C[SH]1CC1CCCC1. The zero-order valence-corrected chi connectivity index (χ0v) is 14.0. The molecule has 2 aromatic rings. The smallest absolute Gasteiger partial charge is 0.0353 e. The van der Waals surface area contributed by atoms with Gasteiger partial charge in [-0.25, -0.2) is 10.9 Å². The van der Waals surface area contributed by atoms with Gasteiger partial charge in [-0.3, -0.25) is 4.98 Å². The first-order valence-corrected chi connectivity index (χ1v) is 9.91. The van der Waals surface area contributed by atoms with Crippen molar-refractivity contribution in [3.8, 4) is 0 Å². The lowest BCUT2D eigenvalue weighted by atomic mass is 10.0. The molecule has 1 aromatic heterocycles. The first-order valence-electron chi connectivity index (χ1n) is 8.31. The highest BCUT2D eigenvalue weighted by Crippen LogP contribution is 2.49. The van der Waals surface area contributed by atoms with Crippen molar-refractivity contribution in [2.45, 2.75) is 32.6 Å². The highest BCUT2D eigenvalue weighted by molar-refractivity contribution is 8.23. The van der Waals surface area contributed by atoms with Gasteiger partial charge in [0.2, 0.25) is 0 Å². The Hall–Kier alpha value is -1.54. The van der Waals surface area contributed by atoms with Crippen LogP contribution in [0, 0.1) is 5.92 Å². The van der Waals surface area contributed by atoms with Gasteiger partial charge >= 0.3 is 0 Å². The molecule has 0 N–H and O–H groups in total. The van der Waals surface area contributed by atoms with Crippen LogP contribution in [0.25, 0.3) is 16.3 Å². The molecule has 1 nitrogen and oxygen atoms in total. The van der Waals surface area contributed by atoms with E-state index in [4.69, 9.17) is 0 Å². The van der Waals surface area contributed by atoms with E-state index in [1.54, 1.807) is 4.91 Å². The maximum absolute atomic E-state index is 4.45. The van der Waals surface area contributed by atoms with E-state index in [-0.39, 0.29) is 10.9 Å². The molecule has 114 valence electrons. The van der Waals surface area contributed by atoms with E-state index < -0.39 is 0 Å². The van der Waals surface area contributed by atoms with Crippen LogP contribution in [0.3, 0.4) is 0 Å². The first-order chi connectivity index (χ1) is 10.8. The van der Waals surface area contributed by atoms with Gasteiger partial charge in [-0.2, -0.15) is 0 Å². The third-order valence-corrected chi connectivity index (χ3v) is 7.56.